The molecule has 1 aromatic rings. The van der Waals surface area contributed by atoms with Gasteiger partial charge in [0.1, 0.15) is 0 Å². The number of rotatable bonds is 3. The van der Waals surface area contributed by atoms with Gasteiger partial charge in [0.25, 0.3) is 11.7 Å². The summed E-state index contributed by atoms with van der Waals surface area (Å²) >= 11 is 0. The van der Waals surface area contributed by atoms with E-state index in [1.54, 1.807) is 0 Å². The van der Waals surface area contributed by atoms with Gasteiger partial charge in [0.05, 0.1) is 28.6 Å². The zero-order chi connectivity index (χ0) is 15.6. The molecule has 1 aliphatic rings. The topological polar surface area (TPSA) is 116 Å². The second kappa shape index (κ2) is 5.79. The number of hydrogen-bond donors (Lipinski definition) is 0. The van der Waals surface area contributed by atoms with Gasteiger partial charge >= 0.3 is 11.4 Å². The van der Waals surface area contributed by atoms with E-state index in [4.69, 9.17) is 4.74 Å². The van der Waals surface area contributed by atoms with Gasteiger partial charge in [-0.2, -0.15) is 4.39 Å². The third-order valence-electron chi connectivity index (χ3n) is 2.97. The zero-order valence-corrected chi connectivity index (χ0v) is 10.7. The van der Waals surface area contributed by atoms with E-state index in [0.717, 1.165) is 0 Å². The Kier molecular flexibility index (Phi) is 4.08. The number of nitro groups is 2. The van der Waals surface area contributed by atoms with Gasteiger partial charge in [-0.05, 0) is 0 Å². The van der Waals surface area contributed by atoms with E-state index in [0.29, 0.717) is 25.3 Å². The predicted molar refractivity (Wildman–Crippen MR) is 66.4 cm³/mol. The second-order valence-electron chi connectivity index (χ2n) is 4.25. The first-order valence-electron chi connectivity index (χ1n) is 5.91. The molecule has 0 bridgehead atoms. The number of hydrogen-bond acceptors (Lipinski definition) is 6. The molecule has 0 spiro atoms. The molecule has 1 aromatic carbocycles. The SMILES string of the molecule is O=C(c1cc([N+](=O)[O-])c(F)c([N+](=O)[O-])c1)N1CCOCC1. The minimum atomic E-state index is -1.57. The molecule has 0 atom stereocenters. The van der Waals surface area contributed by atoms with Gasteiger partial charge in [-0.1, -0.05) is 0 Å². The molecule has 1 fully saturated rings. The van der Waals surface area contributed by atoms with Crippen LogP contribution >= 0.6 is 0 Å². The first-order chi connectivity index (χ1) is 9.91. The molecule has 0 aromatic heterocycles. The van der Waals surface area contributed by atoms with Gasteiger partial charge in [-0.25, -0.2) is 0 Å². The van der Waals surface area contributed by atoms with Crippen LogP contribution in [0.3, 0.4) is 0 Å². The predicted octanol–water partition coefficient (Wildman–Crippen LogP) is 1.11. The number of carbonyl (C=O) groups excluding carboxylic acids is 1. The maximum absolute atomic E-state index is 13.6. The van der Waals surface area contributed by atoms with Crippen molar-refractivity contribution in [2.75, 3.05) is 26.3 Å². The van der Waals surface area contributed by atoms with Crippen molar-refractivity contribution >= 4 is 17.3 Å². The van der Waals surface area contributed by atoms with E-state index < -0.39 is 32.9 Å². The lowest BCUT2D eigenvalue weighted by atomic mass is 10.1. The number of carbonyl (C=O) groups is 1. The molecule has 0 saturated carbocycles. The van der Waals surface area contributed by atoms with E-state index in [2.05, 4.69) is 0 Å². The fourth-order valence-corrected chi connectivity index (χ4v) is 1.93. The molecule has 1 heterocycles. The third kappa shape index (κ3) is 2.94. The van der Waals surface area contributed by atoms with Crippen LogP contribution in [0, 0.1) is 26.0 Å². The Labute approximate surface area is 117 Å². The Morgan fingerprint density at radius 3 is 2.05 bits per heavy atom. The molecule has 2 rings (SSSR count). The lowest BCUT2D eigenvalue weighted by Crippen LogP contribution is -2.40. The van der Waals surface area contributed by atoms with Crippen molar-refractivity contribution in [2.24, 2.45) is 0 Å². The molecule has 9 nitrogen and oxygen atoms in total. The highest BCUT2D eigenvalue weighted by Crippen LogP contribution is 2.29. The van der Waals surface area contributed by atoms with E-state index in [9.17, 15) is 29.4 Å². The summed E-state index contributed by atoms with van der Waals surface area (Å²) < 4.78 is 18.7. The molecule has 1 amide bonds. The number of nitrogens with zero attached hydrogens (tertiary/aromatic N) is 3. The molecule has 0 N–H and O–H groups in total. The fourth-order valence-electron chi connectivity index (χ4n) is 1.93. The number of nitro benzene ring substituents is 2. The summed E-state index contributed by atoms with van der Waals surface area (Å²) in [6.45, 7) is 1.13. The van der Waals surface area contributed by atoms with Gasteiger partial charge in [0, 0.05) is 25.2 Å². The smallest absolute Gasteiger partial charge is 0.312 e. The number of morpholine rings is 1. The minimum Gasteiger partial charge on any atom is -0.378 e. The molecule has 112 valence electrons. The Bertz CT molecular complexity index is 579. The summed E-state index contributed by atoms with van der Waals surface area (Å²) in [6.07, 6.45) is 0. The van der Waals surface area contributed by atoms with Crippen molar-refractivity contribution in [1.29, 1.82) is 0 Å². The number of halogens is 1. The summed E-state index contributed by atoms with van der Waals surface area (Å²) in [5.41, 5.74) is -2.49. The van der Waals surface area contributed by atoms with Crippen LogP contribution in [0.5, 0.6) is 0 Å². The summed E-state index contributed by atoms with van der Waals surface area (Å²) in [6, 6.07) is 1.42. The van der Waals surface area contributed by atoms with Crippen LogP contribution < -0.4 is 0 Å². The Balaban J connectivity index is 2.45. The Morgan fingerprint density at radius 2 is 1.62 bits per heavy atom. The minimum absolute atomic E-state index is 0.262. The summed E-state index contributed by atoms with van der Waals surface area (Å²) in [5, 5.41) is 21.5. The highest BCUT2D eigenvalue weighted by molar-refractivity contribution is 5.95. The number of ether oxygens (including phenoxy) is 1. The fraction of sp³-hybridized carbons (Fsp3) is 0.364. The lowest BCUT2D eigenvalue weighted by Gasteiger charge is -2.26. The van der Waals surface area contributed by atoms with Crippen LogP contribution in [0.1, 0.15) is 10.4 Å². The molecule has 1 saturated heterocycles. The van der Waals surface area contributed by atoms with Crippen LogP contribution in [0.25, 0.3) is 0 Å². The van der Waals surface area contributed by atoms with Crippen molar-refractivity contribution in [3.8, 4) is 0 Å². The molecule has 21 heavy (non-hydrogen) atoms. The van der Waals surface area contributed by atoms with Crippen molar-refractivity contribution in [2.45, 2.75) is 0 Å². The van der Waals surface area contributed by atoms with Crippen LogP contribution in [-0.4, -0.2) is 47.0 Å². The van der Waals surface area contributed by atoms with Gasteiger partial charge in [-0.15, -0.1) is 0 Å². The van der Waals surface area contributed by atoms with Crippen molar-refractivity contribution in [3.63, 3.8) is 0 Å². The monoisotopic (exact) mass is 299 g/mol. The maximum Gasteiger partial charge on any atom is 0.312 e. The highest BCUT2D eigenvalue weighted by atomic mass is 19.1. The number of amides is 1. The van der Waals surface area contributed by atoms with Crippen molar-refractivity contribution in [3.05, 3.63) is 43.7 Å². The van der Waals surface area contributed by atoms with E-state index in [1.807, 2.05) is 0 Å². The Morgan fingerprint density at radius 1 is 1.14 bits per heavy atom. The molecular weight excluding hydrogens is 289 g/mol. The largest absolute Gasteiger partial charge is 0.378 e. The van der Waals surface area contributed by atoms with Crippen LogP contribution in [0.15, 0.2) is 12.1 Å². The van der Waals surface area contributed by atoms with Crippen molar-refractivity contribution < 1.29 is 23.8 Å². The van der Waals surface area contributed by atoms with Gasteiger partial charge in [-0.3, -0.25) is 25.0 Å². The first kappa shape index (κ1) is 14.8. The van der Waals surface area contributed by atoms with Gasteiger partial charge in [0.2, 0.25) is 0 Å². The van der Waals surface area contributed by atoms with E-state index in [1.165, 1.54) is 4.90 Å². The summed E-state index contributed by atoms with van der Waals surface area (Å²) in [5.74, 6) is -2.20. The van der Waals surface area contributed by atoms with E-state index in [-0.39, 0.29) is 18.7 Å². The lowest BCUT2D eigenvalue weighted by molar-refractivity contribution is -0.399. The summed E-state index contributed by atoms with van der Waals surface area (Å²) in [7, 11) is 0. The quantitative estimate of drug-likeness (QED) is 0.609. The average molecular weight is 299 g/mol. The normalized spacial score (nSPS) is 14.8. The standard InChI is InChI=1S/C11H10FN3O6/c12-10-8(14(17)18)5-7(6-9(10)15(19)20)11(16)13-1-3-21-4-2-13/h5-6H,1-4H2. The van der Waals surface area contributed by atoms with Crippen LogP contribution in [-0.2, 0) is 4.74 Å². The van der Waals surface area contributed by atoms with Gasteiger partial charge < -0.3 is 9.64 Å². The first-order valence-corrected chi connectivity index (χ1v) is 5.91. The van der Waals surface area contributed by atoms with E-state index >= 15 is 0 Å². The zero-order valence-electron chi connectivity index (χ0n) is 10.7. The van der Waals surface area contributed by atoms with Crippen LogP contribution in [0.4, 0.5) is 15.8 Å². The number of benzene rings is 1. The van der Waals surface area contributed by atoms with Crippen molar-refractivity contribution in [1.82, 2.24) is 4.90 Å². The highest BCUT2D eigenvalue weighted by Gasteiger charge is 2.30. The third-order valence-corrected chi connectivity index (χ3v) is 2.97. The molecule has 1 aliphatic heterocycles. The molecular formula is C11H10FN3O6. The molecule has 0 aliphatic carbocycles. The van der Waals surface area contributed by atoms with Crippen LogP contribution in [0.2, 0.25) is 0 Å². The molecule has 0 unspecified atom stereocenters. The maximum atomic E-state index is 13.6. The van der Waals surface area contributed by atoms with Gasteiger partial charge in [0.15, 0.2) is 0 Å². The average Bonchev–Trinajstić information content (AvgIpc) is 2.47. The summed E-state index contributed by atoms with van der Waals surface area (Å²) in [4.78, 5) is 32.8. The second-order valence-corrected chi connectivity index (χ2v) is 4.25. The Hall–Kier alpha value is -2.62. The molecule has 10 heteroatoms. The molecule has 0 radical (unpaired) electrons.